The van der Waals surface area contributed by atoms with Crippen molar-refractivity contribution in [2.75, 3.05) is 11.3 Å². The molecule has 12 heteroatoms. The Morgan fingerprint density at radius 1 is 0.860 bits per heavy atom. The third-order valence-electron chi connectivity index (χ3n) is 6.54. The van der Waals surface area contributed by atoms with Gasteiger partial charge >= 0.3 is 11.9 Å². The highest BCUT2D eigenvalue weighted by Gasteiger charge is 2.18. The maximum absolute atomic E-state index is 12.6. The van der Waals surface area contributed by atoms with Gasteiger partial charge in [-0.2, -0.15) is 0 Å². The summed E-state index contributed by atoms with van der Waals surface area (Å²) >= 11 is 6.26. The predicted octanol–water partition coefficient (Wildman–Crippen LogP) is 7.81. The summed E-state index contributed by atoms with van der Waals surface area (Å²) in [7, 11) is -4.02. The number of carboxylic acids is 1. The van der Waals surface area contributed by atoms with Crippen molar-refractivity contribution in [3.63, 3.8) is 0 Å². The number of anilines is 1. The summed E-state index contributed by atoms with van der Waals surface area (Å²) in [6.07, 6.45) is 17.5. The van der Waals surface area contributed by atoms with Gasteiger partial charge in [0.05, 0.1) is 22.1 Å². The fourth-order valence-electron chi connectivity index (χ4n) is 4.33. The molecule has 2 rings (SSSR count). The summed E-state index contributed by atoms with van der Waals surface area (Å²) in [5, 5.41) is 9.07. The highest BCUT2D eigenvalue weighted by Crippen LogP contribution is 2.28. The van der Waals surface area contributed by atoms with Gasteiger partial charge in [-0.1, -0.05) is 82.2 Å². The molecule has 0 bridgehead atoms. The van der Waals surface area contributed by atoms with Crippen molar-refractivity contribution in [2.45, 2.75) is 121 Å². The molecule has 43 heavy (non-hydrogen) atoms. The molecular formula is C31H46ClN3O7S. The molecule has 2 aromatic rings. The van der Waals surface area contributed by atoms with Crippen molar-refractivity contribution in [1.29, 1.82) is 0 Å². The average Bonchev–Trinajstić information content (AvgIpc) is 2.92. The predicted molar refractivity (Wildman–Crippen MR) is 167 cm³/mol. The Hall–Kier alpha value is -2.92. The third-order valence-corrected chi connectivity index (χ3v) is 8.16. The molecule has 1 heterocycles. The molecule has 0 aliphatic carbocycles. The van der Waals surface area contributed by atoms with Gasteiger partial charge in [-0.05, 0) is 51.8 Å². The molecule has 1 aromatic carbocycles. The molecule has 1 aromatic heterocycles. The number of aromatic nitrogens is 2. The summed E-state index contributed by atoms with van der Waals surface area (Å²) in [6, 6.07) is 4.18. The Morgan fingerprint density at radius 2 is 1.37 bits per heavy atom. The highest BCUT2D eigenvalue weighted by atomic mass is 35.5. The number of aromatic carboxylic acids is 1. The van der Waals surface area contributed by atoms with E-state index in [1.165, 1.54) is 69.6 Å². The lowest BCUT2D eigenvalue weighted by Crippen LogP contribution is -2.23. The van der Waals surface area contributed by atoms with Crippen LogP contribution in [0.15, 0.2) is 35.5 Å². The maximum Gasteiger partial charge on any atom is 0.338 e. The monoisotopic (exact) mass is 639 g/mol. The van der Waals surface area contributed by atoms with E-state index in [4.69, 9.17) is 26.2 Å². The van der Waals surface area contributed by atoms with Gasteiger partial charge in [-0.3, -0.25) is 4.79 Å². The molecule has 0 amide bonds. The lowest BCUT2D eigenvalue weighted by atomic mass is 10.0. The van der Waals surface area contributed by atoms with Gasteiger partial charge in [-0.15, -0.1) is 0 Å². The number of carboxylic acid groups (broad SMARTS) is 1. The van der Waals surface area contributed by atoms with Gasteiger partial charge in [0, 0.05) is 18.8 Å². The number of esters is 1. The van der Waals surface area contributed by atoms with Crippen LogP contribution >= 0.6 is 11.6 Å². The number of ether oxygens (including phenoxy) is 2. The van der Waals surface area contributed by atoms with E-state index in [0.29, 0.717) is 18.8 Å². The number of halogens is 1. The summed E-state index contributed by atoms with van der Waals surface area (Å²) in [4.78, 5) is 29.9. The molecule has 0 aliphatic rings. The Labute approximate surface area is 261 Å². The summed E-state index contributed by atoms with van der Waals surface area (Å²) in [5.41, 5.74) is -0.553. The Morgan fingerprint density at radius 3 is 1.86 bits per heavy atom. The summed E-state index contributed by atoms with van der Waals surface area (Å²) < 4.78 is 38.5. The van der Waals surface area contributed by atoms with E-state index < -0.39 is 21.6 Å². The van der Waals surface area contributed by atoms with E-state index in [0.717, 1.165) is 44.5 Å². The minimum absolute atomic E-state index is 0.0916. The second kappa shape index (κ2) is 18.7. The number of benzene rings is 1. The van der Waals surface area contributed by atoms with E-state index in [2.05, 4.69) is 14.7 Å². The highest BCUT2D eigenvalue weighted by molar-refractivity contribution is 7.92. The molecule has 10 nitrogen and oxygen atoms in total. The Balaban J connectivity index is 1.50. The second-order valence-electron chi connectivity index (χ2n) is 11.6. The first kappa shape index (κ1) is 36.3. The first-order chi connectivity index (χ1) is 20.4. The van der Waals surface area contributed by atoms with Crippen LogP contribution in [-0.2, 0) is 19.6 Å². The number of rotatable bonds is 21. The lowest BCUT2D eigenvalue weighted by Gasteiger charge is -2.19. The second-order valence-corrected chi connectivity index (χ2v) is 13.7. The van der Waals surface area contributed by atoms with Gasteiger partial charge in [-0.25, -0.2) is 27.9 Å². The summed E-state index contributed by atoms with van der Waals surface area (Å²) in [5.74, 6) is -1.15. The molecule has 0 saturated carbocycles. The van der Waals surface area contributed by atoms with E-state index in [9.17, 15) is 18.0 Å². The van der Waals surface area contributed by atoms with Crippen LogP contribution in [0.1, 0.15) is 121 Å². The van der Waals surface area contributed by atoms with Crippen molar-refractivity contribution in [1.82, 2.24) is 9.97 Å². The topological polar surface area (TPSA) is 145 Å². The fraction of sp³-hybridized carbons (Fsp3) is 0.613. The number of unbranched alkanes of at least 4 members (excludes halogenated alkanes) is 12. The van der Waals surface area contributed by atoms with Crippen molar-refractivity contribution >= 4 is 39.5 Å². The molecular weight excluding hydrogens is 594 g/mol. The largest absolute Gasteiger partial charge is 0.492 e. The van der Waals surface area contributed by atoms with Crippen molar-refractivity contribution in [2.24, 2.45) is 0 Å². The summed E-state index contributed by atoms with van der Waals surface area (Å²) in [6.45, 7) is 6.18. The smallest absolute Gasteiger partial charge is 0.338 e. The number of nitrogens with one attached hydrogen (secondary N) is 1. The van der Waals surface area contributed by atoms with E-state index in [1.807, 2.05) is 20.8 Å². The van der Waals surface area contributed by atoms with Crippen LogP contribution in [0.3, 0.4) is 0 Å². The van der Waals surface area contributed by atoms with Gasteiger partial charge in [0.1, 0.15) is 11.4 Å². The van der Waals surface area contributed by atoms with Gasteiger partial charge in [0.2, 0.25) is 5.95 Å². The zero-order valence-electron chi connectivity index (χ0n) is 25.6. The number of nitrogens with zero attached hydrogens (tertiary/aromatic N) is 2. The van der Waals surface area contributed by atoms with E-state index in [-0.39, 0.29) is 27.4 Å². The Bertz CT molecular complexity index is 1250. The van der Waals surface area contributed by atoms with Crippen LogP contribution in [0.25, 0.3) is 0 Å². The van der Waals surface area contributed by atoms with Crippen LogP contribution in [0.5, 0.6) is 5.75 Å². The third kappa shape index (κ3) is 15.4. The minimum atomic E-state index is -4.02. The maximum atomic E-state index is 12.6. The minimum Gasteiger partial charge on any atom is -0.492 e. The first-order valence-corrected chi connectivity index (χ1v) is 17.0. The van der Waals surface area contributed by atoms with Gasteiger partial charge < -0.3 is 14.6 Å². The molecule has 0 aliphatic heterocycles. The zero-order chi connectivity index (χ0) is 31.7. The molecule has 0 radical (unpaired) electrons. The quantitative estimate of drug-likeness (QED) is 0.103. The van der Waals surface area contributed by atoms with E-state index >= 15 is 0 Å². The number of carbonyl (C=O) groups excluding carboxylic acids is 1. The van der Waals surface area contributed by atoms with Crippen LogP contribution in [0, 0.1) is 0 Å². The molecule has 0 fully saturated rings. The number of sulfonamides is 1. The van der Waals surface area contributed by atoms with E-state index in [1.54, 1.807) is 0 Å². The standard InChI is InChI=1S/C31H46ClN3O7S/c1-31(2,3)42-28(36)17-15-13-11-9-7-5-4-6-8-10-12-14-16-20-41-27-19-18-25(21-26(27)32)43(39,40)35-30-33-22-24(23-34-30)29(37)38/h18-19,21-23H,4-17,20H2,1-3H3,(H,37,38)(H,33,34,35). The Kier molecular flexibility index (Phi) is 15.8. The number of hydrogen-bond acceptors (Lipinski definition) is 8. The van der Waals surface area contributed by atoms with Crippen molar-refractivity contribution < 1.29 is 32.6 Å². The average molecular weight is 640 g/mol. The van der Waals surface area contributed by atoms with Gasteiger partial charge in [0.25, 0.3) is 10.0 Å². The first-order valence-electron chi connectivity index (χ1n) is 15.1. The van der Waals surface area contributed by atoms with Crippen LogP contribution < -0.4 is 9.46 Å². The number of carbonyl (C=O) groups is 2. The normalized spacial score (nSPS) is 11.7. The molecule has 0 atom stereocenters. The van der Waals surface area contributed by atoms with Crippen LogP contribution in [0.4, 0.5) is 5.95 Å². The SMILES string of the molecule is CC(C)(C)OC(=O)CCCCCCCCCCCCCCCOc1ccc(S(=O)(=O)Nc2ncc(C(=O)O)cn2)cc1Cl. The van der Waals surface area contributed by atoms with Crippen molar-refractivity contribution in [3.8, 4) is 5.75 Å². The molecule has 240 valence electrons. The van der Waals surface area contributed by atoms with Crippen molar-refractivity contribution in [3.05, 3.63) is 41.2 Å². The fourth-order valence-corrected chi connectivity index (χ4v) is 5.61. The molecule has 0 spiro atoms. The zero-order valence-corrected chi connectivity index (χ0v) is 27.1. The molecule has 2 N–H and O–H groups in total. The lowest BCUT2D eigenvalue weighted by molar-refractivity contribution is -0.154. The van der Waals surface area contributed by atoms with Crippen LogP contribution in [-0.4, -0.2) is 47.6 Å². The van der Waals surface area contributed by atoms with Crippen LogP contribution in [0.2, 0.25) is 5.02 Å². The number of hydrogen-bond donors (Lipinski definition) is 2. The van der Waals surface area contributed by atoms with Gasteiger partial charge in [0.15, 0.2) is 0 Å². The molecule has 0 saturated heterocycles. The molecule has 0 unspecified atom stereocenters.